The molecule has 0 spiro atoms. The molecule has 0 bridgehead atoms. The number of hydrogen-bond acceptors (Lipinski definition) is 6. The normalized spacial score (nSPS) is 16.0. The second-order valence-corrected chi connectivity index (χ2v) is 7.99. The molecule has 29 heavy (non-hydrogen) atoms. The van der Waals surface area contributed by atoms with Gasteiger partial charge in [0.1, 0.15) is 17.4 Å². The maximum absolute atomic E-state index is 12.6. The number of halogens is 1. The highest BCUT2D eigenvalue weighted by molar-refractivity contribution is 7.13. The molecule has 0 aliphatic carbocycles. The number of benzene rings is 1. The van der Waals surface area contributed by atoms with Gasteiger partial charge in [0.05, 0.1) is 23.9 Å². The highest BCUT2D eigenvalue weighted by Crippen LogP contribution is 2.29. The molecule has 3 aromatic rings. The molecule has 1 saturated heterocycles. The molecule has 0 saturated carbocycles. The third-order valence-electron chi connectivity index (χ3n) is 4.47. The second-order valence-electron chi connectivity index (χ2n) is 6.70. The van der Waals surface area contributed by atoms with Gasteiger partial charge in [-0.25, -0.2) is 4.98 Å². The van der Waals surface area contributed by atoms with Crippen molar-refractivity contribution < 1.29 is 14.3 Å². The summed E-state index contributed by atoms with van der Waals surface area (Å²) in [4.78, 5) is 21.2. The molecule has 1 aliphatic rings. The van der Waals surface area contributed by atoms with E-state index < -0.39 is 0 Å². The van der Waals surface area contributed by atoms with Crippen LogP contribution in [0.4, 0.5) is 5.69 Å². The Morgan fingerprint density at radius 2 is 2.31 bits per heavy atom. The molecule has 1 aromatic carbocycles. The van der Waals surface area contributed by atoms with E-state index >= 15 is 0 Å². The summed E-state index contributed by atoms with van der Waals surface area (Å²) in [5.74, 6) is 0.393. The van der Waals surface area contributed by atoms with Gasteiger partial charge in [0.2, 0.25) is 5.91 Å². The highest BCUT2D eigenvalue weighted by atomic mass is 35.5. The maximum Gasteiger partial charge on any atom is 0.230 e. The Morgan fingerprint density at radius 1 is 1.38 bits per heavy atom. The Bertz CT molecular complexity index is 974. The number of nitrogens with zero attached hydrogens (tertiary/aromatic N) is 2. The van der Waals surface area contributed by atoms with Gasteiger partial charge < -0.3 is 14.8 Å². The quantitative estimate of drug-likeness (QED) is 0.594. The predicted octanol–water partition coefficient (Wildman–Crippen LogP) is 4.60. The van der Waals surface area contributed by atoms with E-state index in [0.29, 0.717) is 28.8 Å². The average Bonchev–Trinajstić information content (AvgIpc) is 3.40. The van der Waals surface area contributed by atoms with E-state index in [1.165, 1.54) is 11.3 Å². The lowest BCUT2D eigenvalue weighted by atomic mass is 10.2. The fourth-order valence-electron chi connectivity index (χ4n) is 3.05. The van der Waals surface area contributed by atoms with Gasteiger partial charge in [0.25, 0.3) is 0 Å². The third-order valence-corrected chi connectivity index (χ3v) is 5.64. The number of ether oxygens (including phenoxy) is 2. The van der Waals surface area contributed by atoms with E-state index in [1.54, 1.807) is 30.6 Å². The Hall–Kier alpha value is -2.48. The van der Waals surface area contributed by atoms with Crippen molar-refractivity contribution in [3.05, 3.63) is 58.8 Å². The SMILES string of the molecule is O=C(Cc1csc(-c2cccnc2)n1)Nc1cc(Cl)ccc1OCC1CCCO1. The maximum atomic E-state index is 12.6. The van der Waals surface area contributed by atoms with Crippen LogP contribution in [0.15, 0.2) is 48.1 Å². The molecule has 1 aliphatic heterocycles. The Labute approximate surface area is 177 Å². The summed E-state index contributed by atoms with van der Waals surface area (Å²) in [7, 11) is 0. The molecule has 1 amide bonds. The Kier molecular flexibility index (Phi) is 6.39. The van der Waals surface area contributed by atoms with E-state index in [4.69, 9.17) is 21.1 Å². The summed E-state index contributed by atoms with van der Waals surface area (Å²) >= 11 is 7.60. The first-order chi connectivity index (χ1) is 14.2. The minimum Gasteiger partial charge on any atom is -0.489 e. The van der Waals surface area contributed by atoms with Crippen molar-refractivity contribution in [3.63, 3.8) is 0 Å². The van der Waals surface area contributed by atoms with E-state index in [9.17, 15) is 4.79 Å². The van der Waals surface area contributed by atoms with Gasteiger partial charge >= 0.3 is 0 Å². The summed E-state index contributed by atoms with van der Waals surface area (Å²) in [6.45, 7) is 1.22. The van der Waals surface area contributed by atoms with Crippen LogP contribution in [0.25, 0.3) is 10.6 Å². The number of anilines is 1. The molecular weight excluding hydrogens is 410 g/mol. The lowest BCUT2D eigenvalue weighted by Crippen LogP contribution is -2.19. The molecule has 8 heteroatoms. The summed E-state index contributed by atoms with van der Waals surface area (Å²) in [6, 6.07) is 8.99. The van der Waals surface area contributed by atoms with Crippen LogP contribution in [-0.4, -0.2) is 35.2 Å². The molecular formula is C21H20ClN3O3S. The van der Waals surface area contributed by atoms with Crippen LogP contribution in [-0.2, 0) is 16.0 Å². The second kappa shape index (κ2) is 9.35. The van der Waals surface area contributed by atoms with Crippen molar-refractivity contribution >= 4 is 34.5 Å². The summed E-state index contributed by atoms with van der Waals surface area (Å²) in [5.41, 5.74) is 2.18. The Morgan fingerprint density at radius 3 is 3.10 bits per heavy atom. The van der Waals surface area contributed by atoms with Crippen molar-refractivity contribution in [3.8, 4) is 16.3 Å². The standard InChI is InChI=1S/C21H20ClN3O3S/c22-15-5-6-19(28-12-17-4-2-8-27-17)18(9-15)25-20(26)10-16-13-29-21(24-16)14-3-1-7-23-11-14/h1,3,5-7,9,11,13,17H,2,4,8,10,12H2,(H,25,26). The van der Waals surface area contributed by atoms with E-state index in [-0.39, 0.29) is 18.4 Å². The number of amides is 1. The molecule has 3 heterocycles. The van der Waals surface area contributed by atoms with Crippen LogP contribution in [0.3, 0.4) is 0 Å². The van der Waals surface area contributed by atoms with Crippen molar-refractivity contribution in [2.45, 2.75) is 25.4 Å². The van der Waals surface area contributed by atoms with Gasteiger partial charge in [0, 0.05) is 35.0 Å². The number of aromatic nitrogens is 2. The van der Waals surface area contributed by atoms with Crippen molar-refractivity contribution in [1.82, 2.24) is 9.97 Å². The lowest BCUT2D eigenvalue weighted by molar-refractivity contribution is -0.115. The first-order valence-electron chi connectivity index (χ1n) is 9.36. The Balaban J connectivity index is 1.40. The largest absolute Gasteiger partial charge is 0.489 e. The minimum absolute atomic E-state index is 0.0927. The number of carbonyl (C=O) groups is 1. The molecule has 1 fully saturated rings. The summed E-state index contributed by atoms with van der Waals surface area (Å²) in [5, 5.41) is 6.13. The topological polar surface area (TPSA) is 73.3 Å². The van der Waals surface area contributed by atoms with Gasteiger partial charge in [0.15, 0.2) is 0 Å². The van der Waals surface area contributed by atoms with Gasteiger partial charge in [-0.1, -0.05) is 11.6 Å². The zero-order chi connectivity index (χ0) is 20.1. The number of nitrogens with one attached hydrogen (secondary N) is 1. The van der Waals surface area contributed by atoms with Crippen LogP contribution < -0.4 is 10.1 Å². The molecule has 0 radical (unpaired) electrons. The summed E-state index contributed by atoms with van der Waals surface area (Å²) < 4.78 is 11.5. The number of thiazole rings is 1. The van der Waals surface area contributed by atoms with E-state index in [0.717, 1.165) is 30.0 Å². The van der Waals surface area contributed by atoms with Crippen LogP contribution in [0.1, 0.15) is 18.5 Å². The van der Waals surface area contributed by atoms with Gasteiger partial charge in [-0.05, 0) is 43.2 Å². The van der Waals surface area contributed by atoms with Gasteiger partial charge in [-0.15, -0.1) is 11.3 Å². The minimum atomic E-state index is -0.183. The van der Waals surface area contributed by atoms with Gasteiger partial charge in [-0.3, -0.25) is 9.78 Å². The fourth-order valence-corrected chi connectivity index (χ4v) is 4.04. The zero-order valence-electron chi connectivity index (χ0n) is 15.6. The number of pyridine rings is 1. The van der Waals surface area contributed by atoms with Crippen LogP contribution in [0.5, 0.6) is 5.75 Å². The smallest absolute Gasteiger partial charge is 0.230 e. The van der Waals surface area contributed by atoms with Crippen LogP contribution in [0.2, 0.25) is 5.02 Å². The number of carbonyl (C=O) groups excluding carboxylic acids is 1. The molecule has 4 rings (SSSR count). The molecule has 6 nitrogen and oxygen atoms in total. The lowest BCUT2D eigenvalue weighted by Gasteiger charge is -2.15. The monoisotopic (exact) mass is 429 g/mol. The van der Waals surface area contributed by atoms with Crippen molar-refractivity contribution in [1.29, 1.82) is 0 Å². The number of rotatable bonds is 7. The average molecular weight is 430 g/mol. The molecule has 2 aromatic heterocycles. The van der Waals surface area contributed by atoms with Crippen molar-refractivity contribution in [2.75, 3.05) is 18.5 Å². The zero-order valence-corrected chi connectivity index (χ0v) is 17.2. The van der Waals surface area contributed by atoms with E-state index in [1.807, 2.05) is 17.5 Å². The van der Waals surface area contributed by atoms with Gasteiger partial charge in [-0.2, -0.15) is 0 Å². The van der Waals surface area contributed by atoms with E-state index in [2.05, 4.69) is 15.3 Å². The van der Waals surface area contributed by atoms with Crippen molar-refractivity contribution in [2.24, 2.45) is 0 Å². The molecule has 1 atom stereocenters. The predicted molar refractivity (Wildman–Crippen MR) is 114 cm³/mol. The molecule has 1 N–H and O–H groups in total. The molecule has 150 valence electrons. The molecule has 1 unspecified atom stereocenters. The fraction of sp³-hybridized carbons (Fsp3) is 0.286. The van der Waals surface area contributed by atoms with Crippen LogP contribution >= 0.6 is 22.9 Å². The number of hydrogen-bond donors (Lipinski definition) is 1. The summed E-state index contributed by atoms with van der Waals surface area (Å²) in [6.07, 6.45) is 5.76. The first-order valence-corrected chi connectivity index (χ1v) is 10.6. The first kappa shape index (κ1) is 19.8. The van der Waals surface area contributed by atoms with Crippen LogP contribution in [0, 0.1) is 0 Å². The highest BCUT2D eigenvalue weighted by Gasteiger charge is 2.18. The third kappa shape index (κ3) is 5.32.